The van der Waals surface area contributed by atoms with Crippen LogP contribution in [0.4, 0.5) is 0 Å². The van der Waals surface area contributed by atoms with Crippen molar-refractivity contribution < 1.29 is 9.26 Å². The van der Waals surface area contributed by atoms with E-state index in [0.717, 1.165) is 5.69 Å². The summed E-state index contributed by atoms with van der Waals surface area (Å²) in [7, 11) is 1.64. The van der Waals surface area contributed by atoms with E-state index in [4.69, 9.17) is 15.0 Å². The van der Waals surface area contributed by atoms with E-state index in [1.165, 1.54) is 0 Å². The van der Waals surface area contributed by atoms with Crippen molar-refractivity contribution in [3.63, 3.8) is 0 Å². The number of methoxy groups -OCH3 is 1. The molecule has 1 heterocycles. The number of nitrogens with one attached hydrogen (secondary N) is 1. The third kappa shape index (κ3) is 4.86. The normalized spacial score (nSPS) is 12.1. The van der Waals surface area contributed by atoms with Gasteiger partial charge in [-0.1, -0.05) is 19.0 Å². The van der Waals surface area contributed by atoms with E-state index in [1.807, 2.05) is 6.07 Å². The fraction of sp³-hybridized carbons (Fsp3) is 0.636. The Bertz CT molecular complexity index is 360. The fourth-order valence-corrected chi connectivity index (χ4v) is 1.18. The molecule has 0 fully saturated rings. The quantitative estimate of drug-likeness (QED) is 0.437. The summed E-state index contributed by atoms with van der Waals surface area (Å²) < 4.78 is 10.0. The van der Waals surface area contributed by atoms with Crippen molar-refractivity contribution in [3.8, 4) is 0 Å². The first kappa shape index (κ1) is 13.5. The molecule has 0 spiro atoms. The Morgan fingerprint density at radius 1 is 1.65 bits per heavy atom. The average Bonchev–Trinajstić information content (AvgIpc) is 2.75. The van der Waals surface area contributed by atoms with Crippen LogP contribution in [0.5, 0.6) is 0 Å². The molecule has 1 rings (SSSR count). The highest BCUT2D eigenvalue weighted by atomic mass is 16.5. The number of aliphatic imine (C=N–C) groups is 1. The van der Waals surface area contributed by atoms with Crippen molar-refractivity contribution in [3.05, 3.63) is 17.5 Å². The highest BCUT2D eigenvalue weighted by Gasteiger charge is 2.06. The molecule has 0 unspecified atom stereocenters. The third-order valence-corrected chi connectivity index (χ3v) is 2.19. The third-order valence-electron chi connectivity index (χ3n) is 2.19. The lowest BCUT2D eigenvalue weighted by Crippen LogP contribution is -2.34. The standard InChI is InChI=1S/C11H20N4O2/c1-8(2)10-6-9(17-15-10)7-14-11(12)13-4-5-16-3/h6,8H,4-5,7H2,1-3H3,(H3,12,13,14). The molecule has 0 amide bonds. The first-order valence-electron chi connectivity index (χ1n) is 5.61. The number of nitrogens with two attached hydrogens (primary N) is 1. The van der Waals surface area contributed by atoms with Crippen LogP contribution in [0, 0.1) is 0 Å². The van der Waals surface area contributed by atoms with Crippen LogP contribution in [0.1, 0.15) is 31.2 Å². The zero-order valence-electron chi connectivity index (χ0n) is 10.6. The second-order valence-corrected chi connectivity index (χ2v) is 3.99. The highest BCUT2D eigenvalue weighted by Crippen LogP contribution is 2.14. The van der Waals surface area contributed by atoms with Gasteiger partial charge in [0.2, 0.25) is 0 Å². The Hall–Kier alpha value is -1.56. The average molecular weight is 240 g/mol. The predicted octanol–water partition coefficient (Wildman–Crippen LogP) is 0.849. The van der Waals surface area contributed by atoms with Gasteiger partial charge in [-0.25, -0.2) is 4.99 Å². The van der Waals surface area contributed by atoms with Crippen molar-refractivity contribution in [2.45, 2.75) is 26.3 Å². The molecule has 0 saturated heterocycles. The summed E-state index contributed by atoms with van der Waals surface area (Å²) in [6.07, 6.45) is 0. The molecule has 1 aromatic rings. The van der Waals surface area contributed by atoms with E-state index in [1.54, 1.807) is 7.11 Å². The molecule has 0 radical (unpaired) electrons. The molecule has 0 aliphatic rings. The molecule has 6 heteroatoms. The number of rotatable bonds is 6. The SMILES string of the molecule is COCCNC(N)=NCc1cc(C(C)C)no1. The van der Waals surface area contributed by atoms with Gasteiger partial charge in [0.25, 0.3) is 0 Å². The largest absolute Gasteiger partial charge is 0.383 e. The maximum atomic E-state index is 5.65. The van der Waals surface area contributed by atoms with E-state index >= 15 is 0 Å². The highest BCUT2D eigenvalue weighted by molar-refractivity contribution is 5.77. The molecule has 0 atom stereocenters. The van der Waals surface area contributed by atoms with E-state index in [2.05, 4.69) is 29.3 Å². The molecule has 6 nitrogen and oxygen atoms in total. The Labute approximate surface area is 101 Å². The molecule has 0 aliphatic carbocycles. The number of hydrogen-bond donors (Lipinski definition) is 2. The molecule has 1 aromatic heterocycles. The fourth-order valence-electron chi connectivity index (χ4n) is 1.18. The van der Waals surface area contributed by atoms with Gasteiger partial charge >= 0.3 is 0 Å². The van der Waals surface area contributed by atoms with E-state index in [0.29, 0.717) is 37.3 Å². The van der Waals surface area contributed by atoms with Crippen LogP contribution in [-0.2, 0) is 11.3 Å². The van der Waals surface area contributed by atoms with E-state index in [9.17, 15) is 0 Å². The Morgan fingerprint density at radius 2 is 2.41 bits per heavy atom. The lowest BCUT2D eigenvalue weighted by Gasteiger charge is -2.03. The van der Waals surface area contributed by atoms with Gasteiger partial charge in [0.1, 0.15) is 6.54 Å². The molecular formula is C11H20N4O2. The number of hydrogen-bond acceptors (Lipinski definition) is 4. The van der Waals surface area contributed by atoms with Gasteiger partial charge in [-0.3, -0.25) is 0 Å². The van der Waals surface area contributed by atoms with Crippen molar-refractivity contribution in [2.24, 2.45) is 10.7 Å². The lowest BCUT2D eigenvalue weighted by atomic mass is 10.1. The molecule has 17 heavy (non-hydrogen) atoms. The van der Waals surface area contributed by atoms with E-state index in [-0.39, 0.29) is 0 Å². The van der Waals surface area contributed by atoms with E-state index < -0.39 is 0 Å². The Morgan fingerprint density at radius 3 is 3.00 bits per heavy atom. The van der Waals surface area contributed by atoms with Crippen molar-refractivity contribution in [1.82, 2.24) is 10.5 Å². The minimum Gasteiger partial charge on any atom is -0.383 e. The second-order valence-electron chi connectivity index (χ2n) is 3.99. The van der Waals surface area contributed by atoms with Crippen LogP contribution in [0.2, 0.25) is 0 Å². The van der Waals surface area contributed by atoms with Gasteiger partial charge in [-0.15, -0.1) is 0 Å². The minimum absolute atomic E-state index is 0.355. The maximum Gasteiger partial charge on any atom is 0.189 e. The summed E-state index contributed by atoms with van der Waals surface area (Å²) in [6, 6.07) is 1.90. The van der Waals surface area contributed by atoms with Crippen molar-refractivity contribution in [2.75, 3.05) is 20.3 Å². The maximum absolute atomic E-state index is 5.65. The monoisotopic (exact) mass is 240 g/mol. The molecule has 96 valence electrons. The van der Waals surface area contributed by atoms with Gasteiger partial charge in [0, 0.05) is 19.7 Å². The second kappa shape index (κ2) is 6.90. The number of nitrogens with zero attached hydrogens (tertiary/aromatic N) is 2. The molecular weight excluding hydrogens is 220 g/mol. The van der Waals surface area contributed by atoms with Crippen molar-refractivity contribution in [1.29, 1.82) is 0 Å². The van der Waals surface area contributed by atoms with Gasteiger partial charge in [-0.05, 0) is 5.92 Å². The summed E-state index contributed by atoms with van der Waals surface area (Å²) in [6.45, 7) is 5.75. The van der Waals surface area contributed by atoms with Gasteiger partial charge in [-0.2, -0.15) is 0 Å². The summed E-state index contributed by atoms with van der Waals surface area (Å²) in [5.74, 6) is 1.45. The van der Waals surface area contributed by atoms with Crippen LogP contribution in [-0.4, -0.2) is 31.4 Å². The zero-order valence-corrected chi connectivity index (χ0v) is 10.6. The summed E-state index contributed by atoms with van der Waals surface area (Å²) in [5, 5.41) is 6.87. The first-order chi connectivity index (χ1) is 8.13. The van der Waals surface area contributed by atoms with Crippen LogP contribution in [0.15, 0.2) is 15.6 Å². The van der Waals surface area contributed by atoms with Crippen LogP contribution >= 0.6 is 0 Å². The number of guanidine groups is 1. The van der Waals surface area contributed by atoms with Crippen LogP contribution in [0.25, 0.3) is 0 Å². The molecule has 3 N–H and O–H groups in total. The smallest absolute Gasteiger partial charge is 0.189 e. The summed E-state index contributed by atoms with van der Waals surface area (Å²) >= 11 is 0. The Balaban J connectivity index is 2.39. The molecule has 0 aliphatic heterocycles. The van der Waals surface area contributed by atoms with Gasteiger partial charge < -0.3 is 20.3 Å². The van der Waals surface area contributed by atoms with Crippen molar-refractivity contribution >= 4 is 5.96 Å². The predicted molar refractivity (Wildman–Crippen MR) is 65.8 cm³/mol. The molecule has 0 bridgehead atoms. The number of aromatic nitrogens is 1. The summed E-state index contributed by atoms with van der Waals surface area (Å²) in [4.78, 5) is 4.13. The van der Waals surface area contributed by atoms with Crippen LogP contribution in [0.3, 0.4) is 0 Å². The summed E-state index contributed by atoms with van der Waals surface area (Å²) in [5.41, 5.74) is 6.58. The molecule has 0 saturated carbocycles. The first-order valence-corrected chi connectivity index (χ1v) is 5.61. The Kier molecular flexibility index (Phi) is 5.48. The molecule has 0 aromatic carbocycles. The number of ether oxygens (including phenoxy) is 1. The van der Waals surface area contributed by atoms with Gasteiger partial charge in [0.15, 0.2) is 11.7 Å². The zero-order chi connectivity index (χ0) is 12.7. The van der Waals surface area contributed by atoms with Crippen LogP contribution < -0.4 is 11.1 Å². The topological polar surface area (TPSA) is 85.7 Å². The van der Waals surface area contributed by atoms with Gasteiger partial charge in [0.05, 0.1) is 12.3 Å². The minimum atomic E-state index is 0.355. The lowest BCUT2D eigenvalue weighted by molar-refractivity contribution is 0.204.